The van der Waals surface area contributed by atoms with Crippen molar-refractivity contribution >= 4 is 17.8 Å². The number of nitrogens with one attached hydrogen (secondary N) is 1. The predicted molar refractivity (Wildman–Crippen MR) is 144 cm³/mol. The first-order valence-corrected chi connectivity index (χ1v) is 12.8. The number of carboxylic acids is 1. The van der Waals surface area contributed by atoms with Gasteiger partial charge in [0.1, 0.15) is 17.5 Å². The van der Waals surface area contributed by atoms with Gasteiger partial charge in [0.2, 0.25) is 5.91 Å². The van der Waals surface area contributed by atoms with Gasteiger partial charge in [-0.2, -0.15) is 0 Å². The standard InChI is InChI=1S/C30H33N3O5/c1-22(23-12-14-26(15-13-23)38-25-10-6-3-7-11-25)32-18-20-33(21-19-32)28(34)17-16-27(30(36)37)31-29(35)24-8-4-2-5-9-24/h2-15,22,27H,16-21H2,1H3,(H,31,35)(H,36,37)/t22?,27-/m0/s1. The summed E-state index contributed by atoms with van der Waals surface area (Å²) < 4.78 is 5.88. The largest absolute Gasteiger partial charge is 0.480 e. The Morgan fingerprint density at radius 2 is 1.42 bits per heavy atom. The van der Waals surface area contributed by atoms with Crippen LogP contribution in [0.3, 0.4) is 0 Å². The lowest BCUT2D eigenvalue weighted by molar-refractivity contribution is -0.140. The Kier molecular flexibility index (Phi) is 9.11. The molecule has 1 unspecified atom stereocenters. The first-order chi connectivity index (χ1) is 18.4. The minimum atomic E-state index is -1.15. The highest BCUT2D eigenvalue weighted by Gasteiger charge is 2.27. The summed E-state index contributed by atoms with van der Waals surface area (Å²) in [6, 6.07) is 25.2. The predicted octanol–water partition coefficient (Wildman–Crippen LogP) is 4.35. The fourth-order valence-electron chi connectivity index (χ4n) is 4.52. The zero-order chi connectivity index (χ0) is 26.9. The van der Waals surface area contributed by atoms with Crippen LogP contribution in [0.1, 0.15) is 41.7 Å². The molecule has 0 saturated carbocycles. The number of carbonyl (C=O) groups is 3. The SMILES string of the molecule is CC(c1ccc(Oc2ccccc2)cc1)N1CCN(C(=O)CC[C@H](NC(=O)c2ccccc2)C(=O)O)CC1. The Morgan fingerprint density at radius 1 is 0.842 bits per heavy atom. The molecule has 38 heavy (non-hydrogen) atoms. The van der Waals surface area contributed by atoms with Gasteiger partial charge in [-0.3, -0.25) is 14.5 Å². The third-order valence-electron chi connectivity index (χ3n) is 6.84. The van der Waals surface area contributed by atoms with Crippen molar-refractivity contribution in [1.29, 1.82) is 0 Å². The van der Waals surface area contributed by atoms with E-state index in [-0.39, 0.29) is 24.8 Å². The maximum absolute atomic E-state index is 12.8. The minimum Gasteiger partial charge on any atom is -0.480 e. The van der Waals surface area contributed by atoms with Gasteiger partial charge in [-0.1, -0.05) is 48.5 Å². The number of amides is 2. The lowest BCUT2D eigenvalue weighted by Gasteiger charge is -2.38. The minimum absolute atomic E-state index is 0.0424. The van der Waals surface area contributed by atoms with E-state index in [1.54, 1.807) is 35.2 Å². The lowest BCUT2D eigenvalue weighted by Crippen LogP contribution is -2.49. The first-order valence-electron chi connectivity index (χ1n) is 12.8. The quantitative estimate of drug-likeness (QED) is 0.417. The van der Waals surface area contributed by atoms with E-state index in [1.165, 1.54) is 5.56 Å². The molecule has 198 valence electrons. The second-order valence-corrected chi connectivity index (χ2v) is 9.35. The number of hydrogen-bond donors (Lipinski definition) is 2. The molecule has 1 heterocycles. The molecule has 0 bridgehead atoms. The van der Waals surface area contributed by atoms with Crippen molar-refractivity contribution in [2.75, 3.05) is 26.2 Å². The molecule has 2 N–H and O–H groups in total. The molecule has 3 aromatic carbocycles. The molecule has 0 radical (unpaired) electrons. The number of para-hydroxylation sites is 1. The Morgan fingerprint density at radius 3 is 2.03 bits per heavy atom. The Labute approximate surface area is 222 Å². The van der Waals surface area contributed by atoms with Crippen LogP contribution in [-0.4, -0.2) is 64.9 Å². The van der Waals surface area contributed by atoms with E-state index in [1.807, 2.05) is 42.5 Å². The Hall–Kier alpha value is -4.17. The van der Waals surface area contributed by atoms with Gasteiger partial charge in [0, 0.05) is 44.2 Å². The number of aliphatic carboxylic acids is 1. The summed E-state index contributed by atoms with van der Waals surface area (Å²) in [4.78, 5) is 40.9. The Balaban J connectivity index is 1.23. The van der Waals surface area contributed by atoms with Crippen molar-refractivity contribution in [3.63, 3.8) is 0 Å². The summed E-state index contributed by atoms with van der Waals surface area (Å²) in [7, 11) is 0. The lowest BCUT2D eigenvalue weighted by atomic mass is 10.1. The van der Waals surface area contributed by atoms with Crippen LogP contribution in [0.25, 0.3) is 0 Å². The average molecular weight is 516 g/mol. The highest BCUT2D eigenvalue weighted by Crippen LogP contribution is 2.26. The number of ether oxygens (including phenoxy) is 1. The van der Waals surface area contributed by atoms with E-state index in [0.29, 0.717) is 18.7 Å². The van der Waals surface area contributed by atoms with Gasteiger partial charge in [0.15, 0.2) is 0 Å². The van der Waals surface area contributed by atoms with Crippen LogP contribution in [-0.2, 0) is 9.59 Å². The molecule has 0 spiro atoms. The zero-order valence-electron chi connectivity index (χ0n) is 21.5. The molecular formula is C30H33N3O5. The maximum Gasteiger partial charge on any atom is 0.326 e. The van der Waals surface area contributed by atoms with Crippen molar-refractivity contribution in [1.82, 2.24) is 15.1 Å². The topological polar surface area (TPSA) is 99.2 Å². The molecule has 1 aliphatic heterocycles. The molecule has 3 aromatic rings. The molecule has 4 rings (SSSR count). The third kappa shape index (κ3) is 7.20. The van der Waals surface area contributed by atoms with Crippen LogP contribution in [0.2, 0.25) is 0 Å². The average Bonchev–Trinajstić information content (AvgIpc) is 2.96. The number of nitrogens with zero attached hydrogens (tertiary/aromatic N) is 2. The summed E-state index contributed by atoms with van der Waals surface area (Å²) in [5, 5.41) is 12.1. The van der Waals surface area contributed by atoms with Crippen molar-refractivity contribution < 1.29 is 24.2 Å². The van der Waals surface area contributed by atoms with Crippen LogP contribution in [0, 0.1) is 0 Å². The van der Waals surface area contributed by atoms with Crippen molar-refractivity contribution in [3.8, 4) is 11.5 Å². The maximum atomic E-state index is 12.8. The van der Waals surface area contributed by atoms with Crippen LogP contribution in [0.5, 0.6) is 11.5 Å². The fraction of sp³-hybridized carbons (Fsp3) is 0.300. The van der Waals surface area contributed by atoms with Gasteiger partial charge in [-0.25, -0.2) is 4.79 Å². The summed E-state index contributed by atoms with van der Waals surface area (Å²) in [6.45, 7) is 4.75. The molecule has 8 nitrogen and oxygen atoms in total. The molecule has 8 heteroatoms. The molecule has 2 amide bonds. The Bertz CT molecular complexity index is 1210. The normalized spacial score (nSPS) is 15.3. The summed E-state index contributed by atoms with van der Waals surface area (Å²) in [6.07, 6.45) is 0.102. The summed E-state index contributed by atoms with van der Waals surface area (Å²) in [5.74, 6) is -0.141. The summed E-state index contributed by atoms with van der Waals surface area (Å²) >= 11 is 0. The highest BCUT2D eigenvalue weighted by molar-refractivity contribution is 5.96. The van der Waals surface area contributed by atoms with Gasteiger partial charge in [-0.15, -0.1) is 0 Å². The highest BCUT2D eigenvalue weighted by atomic mass is 16.5. The third-order valence-corrected chi connectivity index (χ3v) is 6.84. The second-order valence-electron chi connectivity index (χ2n) is 9.35. The molecule has 0 aliphatic carbocycles. The molecule has 1 saturated heterocycles. The number of carbonyl (C=O) groups excluding carboxylic acids is 2. The van der Waals surface area contributed by atoms with Crippen LogP contribution in [0.4, 0.5) is 0 Å². The number of benzene rings is 3. The smallest absolute Gasteiger partial charge is 0.326 e. The second kappa shape index (κ2) is 12.9. The monoisotopic (exact) mass is 515 g/mol. The van der Waals surface area contributed by atoms with Crippen LogP contribution in [0.15, 0.2) is 84.9 Å². The fourth-order valence-corrected chi connectivity index (χ4v) is 4.52. The van der Waals surface area contributed by atoms with Crippen LogP contribution < -0.4 is 10.1 Å². The van der Waals surface area contributed by atoms with Gasteiger partial charge in [0.25, 0.3) is 5.91 Å². The van der Waals surface area contributed by atoms with E-state index >= 15 is 0 Å². The van der Waals surface area contributed by atoms with Gasteiger partial charge < -0.3 is 20.1 Å². The van der Waals surface area contributed by atoms with E-state index < -0.39 is 17.9 Å². The van der Waals surface area contributed by atoms with Gasteiger partial charge >= 0.3 is 5.97 Å². The number of carboxylic acid groups (broad SMARTS) is 1. The first kappa shape index (κ1) is 26.9. The van der Waals surface area contributed by atoms with Crippen LogP contribution >= 0.6 is 0 Å². The number of piperazine rings is 1. The molecule has 2 atom stereocenters. The zero-order valence-corrected chi connectivity index (χ0v) is 21.5. The number of hydrogen-bond acceptors (Lipinski definition) is 5. The molecule has 1 aliphatic rings. The van der Waals surface area contributed by atoms with Crippen molar-refractivity contribution in [3.05, 3.63) is 96.1 Å². The van der Waals surface area contributed by atoms with E-state index in [2.05, 4.69) is 29.3 Å². The molecule has 0 aromatic heterocycles. The van der Waals surface area contributed by atoms with E-state index in [9.17, 15) is 19.5 Å². The molecular weight excluding hydrogens is 482 g/mol. The van der Waals surface area contributed by atoms with Crippen molar-refractivity contribution in [2.24, 2.45) is 0 Å². The van der Waals surface area contributed by atoms with Gasteiger partial charge in [0.05, 0.1) is 0 Å². The summed E-state index contributed by atoms with van der Waals surface area (Å²) in [5.41, 5.74) is 1.55. The van der Waals surface area contributed by atoms with Gasteiger partial charge in [-0.05, 0) is 55.3 Å². The van der Waals surface area contributed by atoms with E-state index in [4.69, 9.17) is 4.74 Å². The van der Waals surface area contributed by atoms with Crippen molar-refractivity contribution in [2.45, 2.75) is 31.8 Å². The number of rotatable bonds is 10. The molecule has 1 fully saturated rings. The van der Waals surface area contributed by atoms with E-state index in [0.717, 1.165) is 24.6 Å².